The summed E-state index contributed by atoms with van der Waals surface area (Å²) >= 11 is 0. The maximum absolute atomic E-state index is 5.81. The molecule has 138 valence electrons. The SMILES string of the molecule is COCOc1ccc(C)cc1-c1ccccc1/C=C/C1CCCCN1C. The Bertz CT molecular complexity index is 754. The van der Waals surface area contributed by atoms with Crippen LogP contribution in [0.25, 0.3) is 17.2 Å². The highest BCUT2D eigenvalue weighted by Gasteiger charge is 2.16. The van der Waals surface area contributed by atoms with Crippen LogP contribution in [0, 0.1) is 6.92 Å². The predicted octanol–water partition coefficient (Wildman–Crippen LogP) is 5.14. The van der Waals surface area contributed by atoms with Gasteiger partial charge >= 0.3 is 0 Å². The Balaban J connectivity index is 1.93. The maximum Gasteiger partial charge on any atom is 0.188 e. The molecule has 0 saturated carbocycles. The average molecular weight is 351 g/mol. The highest BCUT2D eigenvalue weighted by Crippen LogP contribution is 2.34. The van der Waals surface area contributed by atoms with Crippen LogP contribution in [0.4, 0.5) is 0 Å². The van der Waals surface area contributed by atoms with Gasteiger partial charge < -0.3 is 9.47 Å². The summed E-state index contributed by atoms with van der Waals surface area (Å²) in [6.45, 7) is 3.55. The summed E-state index contributed by atoms with van der Waals surface area (Å²) in [7, 11) is 3.86. The van der Waals surface area contributed by atoms with E-state index in [1.165, 1.54) is 42.5 Å². The quantitative estimate of drug-likeness (QED) is 0.673. The smallest absolute Gasteiger partial charge is 0.188 e. The Morgan fingerprint density at radius 1 is 1.12 bits per heavy atom. The zero-order valence-corrected chi connectivity index (χ0v) is 16.1. The van der Waals surface area contributed by atoms with Gasteiger partial charge in [-0.25, -0.2) is 0 Å². The Kier molecular flexibility index (Phi) is 6.48. The van der Waals surface area contributed by atoms with Crippen molar-refractivity contribution >= 4 is 6.08 Å². The number of likely N-dealkylation sites (N-methyl/N-ethyl adjacent to an activating group) is 1. The van der Waals surface area contributed by atoms with Crippen molar-refractivity contribution in [2.75, 3.05) is 27.5 Å². The molecular formula is C23H29NO2. The van der Waals surface area contributed by atoms with Crippen molar-refractivity contribution in [2.24, 2.45) is 0 Å². The second-order valence-electron chi connectivity index (χ2n) is 7.04. The van der Waals surface area contributed by atoms with E-state index in [0.717, 1.165) is 11.3 Å². The maximum atomic E-state index is 5.81. The number of methoxy groups -OCH3 is 1. The fraction of sp³-hybridized carbons (Fsp3) is 0.391. The van der Waals surface area contributed by atoms with E-state index in [0.29, 0.717) is 6.04 Å². The van der Waals surface area contributed by atoms with E-state index < -0.39 is 0 Å². The molecule has 1 aliphatic rings. The topological polar surface area (TPSA) is 21.7 Å². The second kappa shape index (κ2) is 9.02. The number of piperidine rings is 1. The van der Waals surface area contributed by atoms with Gasteiger partial charge in [-0.15, -0.1) is 0 Å². The number of likely N-dealkylation sites (tertiary alicyclic amines) is 1. The molecule has 0 aromatic heterocycles. The molecule has 0 amide bonds. The summed E-state index contributed by atoms with van der Waals surface area (Å²) in [6, 6.07) is 15.3. The summed E-state index contributed by atoms with van der Waals surface area (Å²) in [5.41, 5.74) is 4.74. The van der Waals surface area contributed by atoms with Gasteiger partial charge in [0.1, 0.15) is 5.75 Å². The van der Waals surface area contributed by atoms with E-state index in [2.05, 4.69) is 67.4 Å². The second-order valence-corrected chi connectivity index (χ2v) is 7.04. The molecule has 3 rings (SSSR count). The molecule has 1 saturated heterocycles. The molecule has 0 bridgehead atoms. The summed E-state index contributed by atoms with van der Waals surface area (Å²) in [4.78, 5) is 2.45. The third kappa shape index (κ3) is 4.54. The van der Waals surface area contributed by atoms with E-state index in [4.69, 9.17) is 9.47 Å². The molecule has 1 unspecified atom stereocenters. The molecule has 2 aromatic carbocycles. The van der Waals surface area contributed by atoms with E-state index >= 15 is 0 Å². The van der Waals surface area contributed by atoms with Gasteiger partial charge in [-0.1, -0.05) is 54.5 Å². The minimum absolute atomic E-state index is 0.251. The molecule has 0 spiro atoms. The first-order valence-corrected chi connectivity index (χ1v) is 9.39. The monoisotopic (exact) mass is 351 g/mol. The van der Waals surface area contributed by atoms with Crippen LogP contribution in [0.1, 0.15) is 30.4 Å². The number of rotatable bonds is 6. The van der Waals surface area contributed by atoms with Crippen LogP contribution >= 0.6 is 0 Å². The van der Waals surface area contributed by atoms with Crippen molar-refractivity contribution in [3.8, 4) is 16.9 Å². The summed E-state index contributed by atoms with van der Waals surface area (Å²) in [6.07, 6.45) is 8.48. The zero-order valence-electron chi connectivity index (χ0n) is 16.1. The third-order valence-electron chi connectivity index (χ3n) is 5.04. The molecule has 3 heteroatoms. The molecule has 26 heavy (non-hydrogen) atoms. The van der Waals surface area contributed by atoms with Crippen molar-refractivity contribution in [1.82, 2.24) is 4.90 Å². The number of benzene rings is 2. The Morgan fingerprint density at radius 3 is 2.77 bits per heavy atom. The van der Waals surface area contributed by atoms with Crippen molar-refractivity contribution in [3.05, 3.63) is 59.7 Å². The van der Waals surface area contributed by atoms with Crippen LogP contribution in [-0.4, -0.2) is 38.4 Å². The number of hydrogen-bond acceptors (Lipinski definition) is 3. The standard InChI is InChI=1S/C23H29NO2/c1-18-11-14-23(26-17-25-3)22(16-18)21-10-5-4-8-19(21)12-13-20-9-6-7-15-24(20)2/h4-5,8,10-14,16,20H,6-7,9,15,17H2,1-3H3/b13-12+. The summed E-state index contributed by atoms with van der Waals surface area (Å²) in [5.74, 6) is 0.855. The van der Waals surface area contributed by atoms with Gasteiger partial charge in [0, 0.05) is 18.7 Å². The largest absolute Gasteiger partial charge is 0.467 e. The molecule has 2 aromatic rings. The van der Waals surface area contributed by atoms with Gasteiger partial charge in [0.2, 0.25) is 0 Å². The van der Waals surface area contributed by atoms with Gasteiger partial charge in [0.05, 0.1) is 0 Å². The normalized spacial score (nSPS) is 18.3. The average Bonchev–Trinajstić information content (AvgIpc) is 2.66. The zero-order chi connectivity index (χ0) is 18.4. The molecule has 1 aliphatic heterocycles. The van der Waals surface area contributed by atoms with E-state index in [-0.39, 0.29) is 6.79 Å². The minimum Gasteiger partial charge on any atom is -0.467 e. The fourth-order valence-corrected chi connectivity index (χ4v) is 3.55. The van der Waals surface area contributed by atoms with Gasteiger partial charge in [-0.05, 0) is 56.6 Å². The van der Waals surface area contributed by atoms with E-state index in [9.17, 15) is 0 Å². The molecule has 1 atom stereocenters. The van der Waals surface area contributed by atoms with E-state index in [1.807, 2.05) is 6.07 Å². The molecule has 0 radical (unpaired) electrons. The van der Waals surface area contributed by atoms with Gasteiger partial charge in [0.15, 0.2) is 6.79 Å². The van der Waals surface area contributed by atoms with Gasteiger partial charge in [-0.2, -0.15) is 0 Å². The van der Waals surface area contributed by atoms with Crippen molar-refractivity contribution in [1.29, 1.82) is 0 Å². The molecule has 1 heterocycles. The molecular weight excluding hydrogens is 322 g/mol. The van der Waals surface area contributed by atoms with Crippen molar-refractivity contribution in [2.45, 2.75) is 32.2 Å². The lowest BCUT2D eigenvalue weighted by molar-refractivity contribution is 0.0515. The summed E-state index contributed by atoms with van der Waals surface area (Å²) in [5, 5.41) is 0. The number of nitrogens with zero attached hydrogens (tertiary/aromatic N) is 1. The number of hydrogen-bond donors (Lipinski definition) is 0. The predicted molar refractivity (Wildman–Crippen MR) is 108 cm³/mol. The minimum atomic E-state index is 0.251. The summed E-state index contributed by atoms with van der Waals surface area (Å²) < 4.78 is 10.9. The lowest BCUT2D eigenvalue weighted by Gasteiger charge is -2.30. The van der Waals surface area contributed by atoms with Gasteiger partial charge in [0.25, 0.3) is 0 Å². The fourth-order valence-electron chi connectivity index (χ4n) is 3.55. The van der Waals surface area contributed by atoms with Crippen LogP contribution in [0.5, 0.6) is 5.75 Å². The number of aryl methyl sites for hydroxylation is 1. The van der Waals surface area contributed by atoms with E-state index in [1.54, 1.807) is 7.11 Å². The Labute approximate surface area is 157 Å². The first-order valence-electron chi connectivity index (χ1n) is 9.39. The van der Waals surface area contributed by atoms with Crippen LogP contribution in [0.3, 0.4) is 0 Å². The molecule has 0 N–H and O–H groups in total. The lowest BCUT2D eigenvalue weighted by Crippen LogP contribution is -2.34. The molecule has 0 aliphatic carbocycles. The highest BCUT2D eigenvalue weighted by atomic mass is 16.7. The highest BCUT2D eigenvalue weighted by molar-refractivity contribution is 5.79. The van der Waals surface area contributed by atoms with Crippen LogP contribution < -0.4 is 4.74 Å². The Hall–Kier alpha value is -2.10. The molecule has 1 fully saturated rings. The Morgan fingerprint density at radius 2 is 1.96 bits per heavy atom. The van der Waals surface area contributed by atoms with Crippen LogP contribution in [0.15, 0.2) is 48.5 Å². The first kappa shape index (κ1) is 18.7. The molecule has 3 nitrogen and oxygen atoms in total. The first-order chi connectivity index (χ1) is 12.7. The third-order valence-corrected chi connectivity index (χ3v) is 5.04. The number of ether oxygens (including phenoxy) is 2. The lowest BCUT2D eigenvalue weighted by atomic mass is 9.95. The van der Waals surface area contributed by atoms with Crippen LogP contribution in [0.2, 0.25) is 0 Å². The van der Waals surface area contributed by atoms with Crippen molar-refractivity contribution < 1.29 is 9.47 Å². The van der Waals surface area contributed by atoms with Gasteiger partial charge in [-0.3, -0.25) is 4.90 Å². The van der Waals surface area contributed by atoms with Crippen molar-refractivity contribution in [3.63, 3.8) is 0 Å². The van der Waals surface area contributed by atoms with Crippen LogP contribution in [-0.2, 0) is 4.74 Å².